The zero-order valence-corrected chi connectivity index (χ0v) is 11.3. The monoisotopic (exact) mass is 258 g/mol. The van der Waals surface area contributed by atoms with Crippen LogP contribution in [-0.2, 0) is 0 Å². The van der Waals surface area contributed by atoms with Gasteiger partial charge in [0.25, 0.3) is 0 Å². The predicted octanol–water partition coefficient (Wildman–Crippen LogP) is 1.76. The largest absolute Gasteiger partial charge is 0.383 e. The second-order valence-corrected chi connectivity index (χ2v) is 4.56. The Labute approximate surface area is 112 Å². The van der Waals surface area contributed by atoms with Gasteiger partial charge >= 0.3 is 0 Å². The summed E-state index contributed by atoms with van der Waals surface area (Å²) in [6, 6.07) is 7.72. The van der Waals surface area contributed by atoms with Gasteiger partial charge in [-0.15, -0.1) is 0 Å². The summed E-state index contributed by atoms with van der Waals surface area (Å²) in [7, 11) is 4.01. The van der Waals surface area contributed by atoms with Crippen molar-refractivity contribution in [2.75, 3.05) is 35.8 Å². The number of benzene rings is 1. The molecule has 1 aromatic carbocycles. The molecule has 19 heavy (non-hydrogen) atoms. The molecule has 0 radical (unpaired) electrons. The molecule has 0 amide bonds. The van der Waals surface area contributed by atoms with Gasteiger partial charge in [0.15, 0.2) is 0 Å². The number of hydrogen-bond donors (Lipinski definition) is 3. The molecule has 5 N–H and O–H groups in total. The number of anilines is 5. The minimum atomic E-state index is 0.155. The summed E-state index contributed by atoms with van der Waals surface area (Å²) in [6.07, 6.45) is 0. The van der Waals surface area contributed by atoms with Gasteiger partial charge in [0, 0.05) is 31.5 Å². The van der Waals surface area contributed by atoms with Crippen LogP contribution in [0.3, 0.4) is 0 Å². The Hall–Kier alpha value is -2.50. The summed E-state index contributed by atoms with van der Waals surface area (Å²) < 4.78 is 0. The van der Waals surface area contributed by atoms with Gasteiger partial charge in [-0.2, -0.15) is 9.97 Å². The van der Waals surface area contributed by atoms with Crippen LogP contribution in [-0.4, -0.2) is 24.1 Å². The lowest BCUT2D eigenvalue weighted by atomic mass is 10.1. The maximum atomic E-state index is 5.64. The highest BCUT2D eigenvalue weighted by atomic mass is 15.1. The lowest BCUT2D eigenvalue weighted by molar-refractivity contribution is 1.11. The molecule has 1 heterocycles. The minimum absolute atomic E-state index is 0.155. The molecule has 0 aliphatic carbocycles. The van der Waals surface area contributed by atoms with Crippen LogP contribution in [0.15, 0.2) is 24.3 Å². The molecule has 2 aromatic rings. The zero-order chi connectivity index (χ0) is 14.0. The van der Waals surface area contributed by atoms with Crippen LogP contribution in [0.5, 0.6) is 0 Å². The third-order valence-electron chi connectivity index (χ3n) is 2.73. The van der Waals surface area contributed by atoms with Crippen LogP contribution in [0.4, 0.5) is 29.0 Å². The van der Waals surface area contributed by atoms with E-state index in [9.17, 15) is 0 Å². The highest BCUT2D eigenvalue weighted by Crippen LogP contribution is 2.25. The van der Waals surface area contributed by atoms with E-state index in [-0.39, 0.29) is 5.95 Å². The van der Waals surface area contributed by atoms with Gasteiger partial charge in [0.1, 0.15) is 11.6 Å². The number of hydrogen-bond acceptors (Lipinski definition) is 6. The Morgan fingerprint density at radius 2 is 1.84 bits per heavy atom. The molecular formula is C13H18N6. The molecule has 100 valence electrons. The van der Waals surface area contributed by atoms with Crippen molar-refractivity contribution in [3.8, 4) is 0 Å². The number of nitrogens with two attached hydrogens (primary N) is 2. The molecule has 0 saturated carbocycles. The summed E-state index contributed by atoms with van der Waals surface area (Å²) in [5, 5.41) is 3.17. The van der Waals surface area contributed by atoms with Crippen molar-refractivity contribution in [3.63, 3.8) is 0 Å². The normalized spacial score (nSPS) is 10.3. The summed E-state index contributed by atoms with van der Waals surface area (Å²) in [5.41, 5.74) is 14.5. The minimum Gasteiger partial charge on any atom is -0.383 e. The molecule has 0 atom stereocenters. The molecule has 1 aromatic heterocycles. The fourth-order valence-electron chi connectivity index (χ4n) is 1.87. The molecule has 0 aliphatic rings. The molecule has 0 fully saturated rings. The van der Waals surface area contributed by atoms with Crippen molar-refractivity contribution in [3.05, 3.63) is 29.8 Å². The first kappa shape index (κ1) is 12.9. The molecule has 0 spiro atoms. The van der Waals surface area contributed by atoms with Gasteiger partial charge in [0.2, 0.25) is 5.95 Å². The van der Waals surface area contributed by atoms with Gasteiger partial charge in [-0.3, -0.25) is 0 Å². The van der Waals surface area contributed by atoms with Crippen molar-refractivity contribution in [1.29, 1.82) is 0 Å². The summed E-state index contributed by atoms with van der Waals surface area (Å²) in [6.45, 7) is 2.07. The van der Waals surface area contributed by atoms with Crippen molar-refractivity contribution < 1.29 is 0 Å². The SMILES string of the molecule is Cc1ccc(Nc2cc(N)nc(N)n2)cc1N(C)C. The Bertz CT molecular complexity index is 573. The predicted molar refractivity (Wildman–Crippen MR) is 79.6 cm³/mol. The van der Waals surface area contributed by atoms with E-state index < -0.39 is 0 Å². The number of nitrogens with one attached hydrogen (secondary N) is 1. The van der Waals surface area contributed by atoms with Crippen molar-refractivity contribution in [1.82, 2.24) is 9.97 Å². The maximum Gasteiger partial charge on any atom is 0.223 e. The van der Waals surface area contributed by atoms with Crippen molar-refractivity contribution >= 4 is 29.0 Å². The Morgan fingerprint density at radius 1 is 1.11 bits per heavy atom. The van der Waals surface area contributed by atoms with E-state index in [1.807, 2.05) is 32.3 Å². The molecule has 0 aliphatic heterocycles. The average molecular weight is 258 g/mol. The van der Waals surface area contributed by atoms with E-state index in [1.54, 1.807) is 6.07 Å². The lowest BCUT2D eigenvalue weighted by Crippen LogP contribution is -2.10. The van der Waals surface area contributed by atoms with Gasteiger partial charge in [-0.25, -0.2) is 0 Å². The smallest absolute Gasteiger partial charge is 0.223 e. The number of rotatable bonds is 3. The van der Waals surface area contributed by atoms with Crippen LogP contribution in [0.2, 0.25) is 0 Å². The van der Waals surface area contributed by atoms with Crippen LogP contribution in [0.25, 0.3) is 0 Å². The number of nitrogen functional groups attached to an aromatic ring is 2. The number of aryl methyl sites for hydroxylation is 1. The molecular weight excluding hydrogens is 240 g/mol. The number of nitrogens with zero attached hydrogens (tertiary/aromatic N) is 3. The second kappa shape index (κ2) is 5.01. The summed E-state index contributed by atoms with van der Waals surface area (Å²) in [5.74, 6) is 1.08. The van der Waals surface area contributed by atoms with Gasteiger partial charge in [-0.1, -0.05) is 6.07 Å². The maximum absolute atomic E-state index is 5.64. The van der Waals surface area contributed by atoms with Gasteiger partial charge in [-0.05, 0) is 24.6 Å². The number of aromatic nitrogens is 2. The fraction of sp³-hybridized carbons (Fsp3) is 0.231. The van der Waals surface area contributed by atoms with E-state index in [1.165, 1.54) is 5.56 Å². The zero-order valence-electron chi connectivity index (χ0n) is 11.3. The first-order valence-electron chi connectivity index (χ1n) is 5.91. The molecule has 2 rings (SSSR count). The first-order valence-corrected chi connectivity index (χ1v) is 5.91. The molecule has 0 bridgehead atoms. The van der Waals surface area contributed by atoms with Crippen LogP contribution < -0.4 is 21.7 Å². The Balaban J connectivity index is 2.30. The van der Waals surface area contributed by atoms with Crippen LogP contribution >= 0.6 is 0 Å². The summed E-state index contributed by atoms with van der Waals surface area (Å²) >= 11 is 0. The third kappa shape index (κ3) is 3.04. The second-order valence-electron chi connectivity index (χ2n) is 4.56. The Kier molecular flexibility index (Phi) is 3.41. The molecule has 6 nitrogen and oxygen atoms in total. The molecule has 0 unspecified atom stereocenters. The van der Waals surface area contributed by atoms with Crippen molar-refractivity contribution in [2.45, 2.75) is 6.92 Å². The Morgan fingerprint density at radius 3 is 2.47 bits per heavy atom. The highest BCUT2D eigenvalue weighted by molar-refractivity contribution is 5.67. The molecule has 0 saturated heterocycles. The van der Waals surface area contributed by atoms with E-state index in [0.29, 0.717) is 11.6 Å². The van der Waals surface area contributed by atoms with Gasteiger partial charge < -0.3 is 21.7 Å². The van der Waals surface area contributed by atoms with Crippen LogP contribution in [0.1, 0.15) is 5.56 Å². The fourth-order valence-corrected chi connectivity index (χ4v) is 1.87. The van der Waals surface area contributed by atoms with Gasteiger partial charge in [0.05, 0.1) is 0 Å². The van der Waals surface area contributed by atoms with E-state index in [0.717, 1.165) is 11.4 Å². The van der Waals surface area contributed by atoms with E-state index in [2.05, 4.69) is 27.1 Å². The van der Waals surface area contributed by atoms with Crippen molar-refractivity contribution in [2.24, 2.45) is 0 Å². The third-order valence-corrected chi connectivity index (χ3v) is 2.73. The van der Waals surface area contributed by atoms with Crippen LogP contribution in [0, 0.1) is 6.92 Å². The standard InChI is InChI=1S/C13H18N6/c1-8-4-5-9(6-10(8)19(2)3)16-12-7-11(14)17-13(15)18-12/h4-7H,1-3H3,(H5,14,15,16,17,18). The first-order chi connectivity index (χ1) is 8.95. The van der Waals surface area contributed by atoms with E-state index in [4.69, 9.17) is 11.5 Å². The summed E-state index contributed by atoms with van der Waals surface area (Å²) in [4.78, 5) is 9.98. The van der Waals surface area contributed by atoms with E-state index >= 15 is 0 Å². The lowest BCUT2D eigenvalue weighted by Gasteiger charge is -2.17. The molecule has 6 heteroatoms. The topological polar surface area (TPSA) is 93.1 Å². The highest BCUT2D eigenvalue weighted by Gasteiger charge is 2.04. The average Bonchev–Trinajstić information content (AvgIpc) is 2.30. The quantitative estimate of drug-likeness (QED) is 0.776.